The van der Waals surface area contributed by atoms with Crippen molar-refractivity contribution in [3.8, 4) is 0 Å². The summed E-state index contributed by atoms with van der Waals surface area (Å²) >= 11 is 0. The lowest BCUT2D eigenvalue weighted by Gasteiger charge is -2.32. The van der Waals surface area contributed by atoms with Gasteiger partial charge in [0.15, 0.2) is 0 Å². The molecule has 2 N–H and O–H groups in total. The van der Waals surface area contributed by atoms with Crippen LogP contribution in [0.3, 0.4) is 0 Å². The molecular formula is C19H30N8. The predicted octanol–water partition coefficient (Wildman–Crippen LogP) is 1.55. The Morgan fingerprint density at radius 3 is 2.48 bits per heavy atom. The first-order valence-corrected chi connectivity index (χ1v) is 10.1. The van der Waals surface area contributed by atoms with E-state index in [1.54, 1.807) is 0 Å². The molecule has 0 saturated carbocycles. The molecule has 2 aliphatic heterocycles. The monoisotopic (exact) mass is 370 g/mol. The summed E-state index contributed by atoms with van der Waals surface area (Å²) in [5.41, 5.74) is 6.69. The molecule has 0 spiro atoms. The SMILES string of the molecule is Cn1c(CN2CCCCC2)nnc1[C@@H]1CCCN(Cc2cnc(N)nc2)C1. The van der Waals surface area contributed by atoms with Crippen molar-refractivity contribution in [3.05, 3.63) is 29.6 Å². The van der Waals surface area contributed by atoms with Crippen molar-refractivity contribution < 1.29 is 0 Å². The molecule has 2 aromatic rings. The van der Waals surface area contributed by atoms with Crippen LogP contribution in [-0.4, -0.2) is 60.7 Å². The van der Waals surface area contributed by atoms with E-state index < -0.39 is 0 Å². The molecule has 146 valence electrons. The predicted molar refractivity (Wildman–Crippen MR) is 104 cm³/mol. The highest BCUT2D eigenvalue weighted by Gasteiger charge is 2.26. The third-order valence-corrected chi connectivity index (χ3v) is 5.81. The van der Waals surface area contributed by atoms with Gasteiger partial charge in [0.25, 0.3) is 0 Å². The molecule has 0 unspecified atom stereocenters. The summed E-state index contributed by atoms with van der Waals surface area (Å²) in [5, 5.41) is 9.10. The van der Waals surface area contributed by atoms with Gasteiger partial charge in [-0.3, -0.25) is 9.80 Å². The molecule has 2 aromatic heterocycles. The van der Waals surface area contributed by atoms with E-state index in [-0.39, 0.29) is 0 Å². The lowest BCUT2D eigenvalue weighted by atomic mass is 9.97. The average Bonchev–Trinajstić information content (AvgIpc) is 3.05. The Kier molecular flexibility index (Phi) is 5.63. The number of hydrogen-bond donors (Lipinski definition) is 1. The van der Waals surface area contributed by atoms with E-state index in [1.807, 2.05) is 12.4 Å². The largest absolute Gasteiger partial charge is 0.368 e. The quantitative estimate of drug-likeness (QED) is 0.854. The van der Waals surface area contributed by atoms with Crippen molar-refractivity contribution in [2.45, 2.75) is 51.1 Å². The molecule has 0 bridgehead atoms. The first-order valence-electron chi connectivity index (χ1n) is 10.1. The van der Waals surface area contributed by atoms with Gasteiger partial charge in [0.2, 0.25) is 5.95 Å². The first-order chi connectivity index (χ1) is 13.2. The number of nitrogen functional groups attached to an aromatic ring is 1. The minimum absolute atomic E-state index is 0.329. The molecule has 2 fully saturated rings. The third kappa shape index (κ3) is 4.44. The van der Waals surface area contributed by atoms with Crippen LogP contribution in [0.4, 0.5) is 5.95 Å². The van der Waals surface area contributed by atoms with Gasteiger partial charge in [0, 0.05) is 44.0 Å². The number of piperidine rings is 2. The molecule has 2 saturated heterocycles. The summed E-state index contributed by atoms with van der Waals surface area (Å²) in [6.07, 6.45) is 9.96. The zero-order valence-corrected chi connectivity index (χ0v) is 16.2. The second kappa shape index (κ2) is 8.31. The Morgan fingerprint density at radius 2 is 1.70 bits per heavy atom. The van der Waals surface area contributed by atoms with Crippen LogP contribution in [0.5, 0.6) is 0 Å². The normalized spacial score (nSPS) is 22.2. The number of anilines is 1. The van der Waals surface area contributed by atoms with Crippen LogP contribution < -0.4 is 5.73 Å². The number of rotatable bonds is 5. The molecule has 1 atom stereocenters. The number of hydrogen-bond acceptors (Lipinski definition) is 7. The van der Waals surface area contributed by atoms with Crippen molar-refractivity contribution in [2.24, 2.45) is 7.05 Å². The molecule has 8 nitrogen and oxygen atoms in total. The summed E-state index contributed by atoms with van der Waals surface area (Å²) in [6, 6.07) is 0. The topological polar surface area (TPSA) is 89.0 Å². The second-order valence-electron chi connectivity index (χ2n) is 7.89. The highest BCUT2D eigenvalue weighted by molar-refractivity contribution is 5.17. The van der Waals surface area contributed by atoms with Gasteiger partial charge in [-0.25, -0.2) is 9.97 Å². The van der Waals surface area contributed by atoms with Gasteiger partial charge in [-0.05, 0) is 45.3 Å². The van der Waals surface area contributed by atoms with Crippen LogP contribution >= 0.6 is 0 Å². The third-order valence-electron chi connectivity index (χ3n) is 5.81. The first kappa shape index (κ1) is 18.3. The van der Waals surface area contributed by atoms with Crippen molar-refractivity contribution in [1.82, 2.24) is 34.5 Å². The van der Waals surface area contributed by atoms with Gasteiger partial charge in [-0.2, -0.15) is 0 Å². The van der Waals surface area contributed by atoms with Gasteiger partial charge in [-0.15, -0.1) is 10.2 Å². The Balaban J connectivity index is 1.39. The Labute approximate surface area is 160 Å². The molecule has 0 aliphatic carbocycles. The molecule has 0 radical (unpaired) electrons. The molecule has 4 rings (SSSR count). The Bertz CT molecular complexity index is 735. The van der Waals surface area contributed by atoms with Crippen LogP contribution in [0.1, 0.15) is 55.2 Å². The number of nitrogens with two attached hydrogens (primary N) is 1. The highest BCUT2D eigenvalue weighted by atomic mass is 15.3. The molecular weight excluding hydrogens is 340 g/mol. The number of aromatic nitrogens is 5. The van der Waals surface area contributed by atoms with Gasteiger partial charge >= 0.3 is 0 Å². The van der Waals surface area contributed by atoms with Crippen LogP contribution in [0.2, 0.25) is 0 Å². The van der Waals surface area contributed by atoms with E-state index in [1.165, 1.54) is 45.2 Å². The summed E-state index contributed by atoms with van der Waals surface area (Å²) in [5.74, 6) is 2.98. The molecule has 0 amide bonds. The van der Waals surface area contributed by atoms with E-state index in [4.69, 9.17) is 5.73 Å². The van der Waals surface area contributed by atoms with Crippen LogP contribution in [0, 0.1) is 0 Å². The fraction of sp³-hybridized carbons (Fsp3) is 0.684. The average molecular weight is 371 g/mol. The molecule has 4 heterocycles. The lowest BCUT2D eigenvalue weighted by molar-refractivity contribution is 0.193. The van der Waals surface area contributed by atoms with Crippen molar-refractivity contribution in [3.63, 3.8) is 0 Å². The van der Waals surface area contributed by atoms with Crippen LogP contribution in [0.25, 0.3) is 0 Å². The Hall–Kier alpha value is -2.06. The number of nitrogens with zero attached hydrogens (tertiary/aromatic N) is 7. The standard InChI is InChI=1S/C19H30N8/c1-25-17(14-26-7-3-2-4-8-26)23-24-18(25)16-6-5-9-27(13-16)12-15-10-21-19(20)22-11-15/h10-11,16H,2-9,12-14H2,1H3,(H2,20,21,22)/t16-/m1/s1. The zero-order valence-electron chi connectivity index (χ0n) is 16.2. The highest BCUT2D eigenvalue weighted by Crippen LogP contribution is 2.27. The van der Waals surface area contributed by atoms with E-state index in [0.29, 0.717) is 11.9 Å². The summed E-state index contributed by atoms with van der Waals surface area (Å²) in [6.45, 7) is 6.24. The maximum Gasteiger partial charge on any atom is 0.219 e. The van der Waals surface area contributed by atoms with E-state index in [0.717, 1.165) is 43.4 Å². The van der Waals surface area contributed by atoms with Gasteiger partial charge in [0.05, 0.1) is 6.54 Å². The molecule has 27 heavy (non-hydrogen) atoms. The smallest absolute Gasteiger partial charge is 0.219 e. The van der Waals surface area contributed by atoms with Gasteiger partial charge < -0.3 is 10.3 Å². The lowest BCUT2D eigenvalue weighted by Crippen LogP contribution is -2.35. The van der Waals surface area contributed by atoms with Gasteiger partial charge in [0.1, 0.15) is 11.6 Å². The molecule has 0 aromatic carbocycles. The van der Waals surface area contributed by atoms with Crippen molar-refractivity contribution in [2.75, 3.05) is 31.9 Å². The van der Waals surface area contributed by atoms with Gasteiger partial charge in [-0.1, -0.05) is 6.42 Å². The van der Waals surface area contributed by atoms with Crippen LogP contribution in [-0.2, 0) is 20.1 Å². The summed E-state index contributed by atoms with van der Waals surface area (Å²) in [7, 11) is 2.13. The molecule has 2 aliphatic rings. The summed E-state index contributed by atoms with van der Waals surface area (Å²) in [4.78, 5) is 13.2. The zero-order chi connectivity index (χ0) is 18.6. The number of likely N-dealkylation sites (tertiary alicyclic amines) is 2. The fourth-order valence-corrected chi connectivity index (χ4v) is 4.30. The maximum absolute atomic E-state index is 5.59. The minimum atomic E-state index is 0.329. The maximum atomic E-state index is 5.59. The van der Waals surface area contributed by atoms with E-state index >= 15 is 0 Å². The van der Waals surface area contributed by atoms with Crippen molar-refractivity contribution >= 4 is 5.95 Å². The van der Waals surface area contributed by atoms with Crippen LogP contribution in [0.15, 0.2) is 12.4 Å². The second-order valence-corrected chi connectivity index (χ2v) is 7.89. The summed E-state index contributed by atoms with van der Waals surface area (Å²) < 4.78 is 2.23. The van der Waals surface area contributed by atoms with Crippen molar-refractivity contribution in [1.29, 1.82) is 0 Å². The van der Waals surface area contributed by atoms with E-state index in [9.17, 15) is 0 Å². The fourth-order valence-electron chi connectivity index (χ4n) is 4.30. The van der Waals surface area contributed by atoms with E-state index in [2.05, 4.69) is 41.6 Å². The minimum Gasteiger partial charge on any atom is -0.368 e. The molecule has 8 heteroatoms. The Morgan fingerprint density at radius 1 is 0.963 bits per heavy atom.